The van der Waals surface area contributed by atoms with Gasteiger partial charge >= 0.3 is 0 Å². The molecule has 0 bridgehead atoms. The van der Waals surface area contributed by atoms with Crippen LogP contribution in [0, 0.1) is 11.8 Å². The number of nitrogens with zero attached hydrogens (tertiary/aromatic N) is 2. The van der Waals surface area contributed by atoms with Gasteiger partial charge in [0.25, 0.3) is 5.91 Å². The Morgan fingerprint density at radius 3 is 2.44 bits per heavy atom. The molecule has 168 valence electrons. The van der Waals surface area contributed by atoms with Crippen LogP contribution in [0.1, 0.15) is 30.0 Å². The summed E-state index contributed by atoms with van der Waals surface area (Å²) in [6.45, 7) is 1.56. The van der Waals surface area contributed by atoms with Crippen LogP contribution in [0.3, 0.4) is 0 Å². The van der Waals surface area contributed by atoms with Gasteiger partial charge in [0.2, 0.25) is 0 Å². The Morgan fingerprint density at radius 1 is 1.16 bits per heavy atom. The first-order valence-corrected chi connectivity index (χ1v) is 11.9. The van der Waals surface area contributed by atoms with Gasteiger partial charge in [0.05, 0.1) is 5.52 Å². The highest BCUT2D eigenvalue weighted by atomic mass is 32.2. The van der Waals surface area contributed by atoms with E-state index in [-0.39, 0.29) is 19.6 Å². The molecule has 1 amide bonds. The van der Waals surface area contributed by atoms with Crippen LogP contribution in [0.15, 0.2) is 48.7 Å². The molecule has 0 saturated carbocycles. The summed E-state index contributed by atoms with van der Waals surface area (Å²) in [5.41, 5.74) is 4.88. The zero-order chi connectivity index (χ0) is 23.4. The lowest BCUT2D eigenvalue weighted by molar-refractivity contribution is -0.131. The fraction of sp³-hybridized carbons (Fsp3) is 0.304. The summed E-state index contributed by atoms with van der Waals surface area (Å²) in [5, 5.41) is 23.2. The summed E-state index contributed by atoms with van der Waals surface area (Å²) in [6.07, 6.45) is 3.30. The van der Waals surface area contributed by atoms with E-state index in [2.05, 4.69) is 16.9 Å². The first-order valence-electron chi connectivity index (χ1n) is 9.99. The van der Waals surface area contributed by atoms with Crippen molar-refractivity contribution in [2.75, 3.05) is 12.9 Å². The minimum atomic E-state index is -3.77. The zero-order valence-corrected chi connectivity index (χ0v) is 18.7. The normalized spacial score (nSPS) is 13.2. The lowest BCUT2D eigenvalue weighted by atomic mass is 10.1. The number of hydroxylamine groups is 1. The van der Waals surface area contributed by atoms with Gasteiger partial charge in [-0.05, 0) is 55.7 Å². The molecule has 0 aliphatic rings. The molecule has 3 N–H and O–H groups in total. The number of aliphatic hydroxyl groups is 1. The number of aryl methyl sites for hydroxylation is 1. The fourth-order valence-corrected chi connectivity index (χ4v) is 4.06. The van der Waals surface area contributed by atoms with Crippen LogP contribution >= 0.6 is 0 Å². The van der Waals surface area contributed by atoms with Crippen LogP contribution in [-0.4, -0.2) is 52.0 Å². The number of carbonyl (C=O) groups is 1. The van der Waals surface area contributed by atoms with Gasteiger partial charge in [-0.1, -0.05) is 24.0 Å². The highest BCUT2D eigenvalue weighted by molar-refractivity contribution is 7.92. The van der Waals surface area contributed by atoms with Crippen LogP contribution in [0.4, 0.5) is 0 Å². The van der Waals surface area contributed by atoms with Gasteiger partial charge in [0, 0.05) is 42.1 Å². The molecule has 0 aliphatic carbocycles. The predicted octanol–water partition coefficient (Wildman–Crippen LogP) is 1.67. The summed E-state index contributed by atoms with van der Waals surface area (Å²) < 4.78 is 24.0. The number of aromatic nitrogens is 2. The van der Waals surface area contributed by atoms with Crippen LogP contribution in [0.25, 0.3) is 10.9 Å². The lowest BCUT2D eigenvalue weighted by Crippen LogP contribution is -2.49. The highest BCUT2D eigenvalue weighted by Gasteiger charge is 2.43. The second-order valence-electron chi connectivity index (χ2n) is 7.78. The SMILES string of the molecule is CC(CCn1cc2cc(C#Cc3ccc(CCO)cc3)ccc2n1)(C(=O)NO)S(C)(=O)=O. The summed E-state index contributed by atoms with van der Waals surface area (Å²) in [7, 11) is -3.77. The smallest absolute Gasteiger partial charge is 0.264 e. The monoisotopic (exact) mass is 455 g/mol. The standard InChI is InChI=1S/C23H25N3O5S/c1-23(22(28)25-29,32(2,30)31)12-13-26-16-20-15-19(9-10-21(20)24-26)8-7-17-3-5-18(6-4-17)11-14-27/h3-6,9-10,15-16,27,29H,11-14H2,1-2H3,(H,25,28). The van der Waals surface area contributed by atoms with E-state index in [0.29, 0.717) is 6.42 Å². The Balaban J connectivity index is 1.77. The molecule has 8 nitrogen and oxygen atoms in total. The van der Waals surface area contributed by atoms with E-state index in [4.69, 9.17) is 10.3 Å². The van der Waals surface area contributed by atoms with Gasteiger partial charge < -0.3 is 5.11 Å². The number of nitrogens with one attached hydrogen (secondary N) is 1. The van der Waals surface area contributed by atoms with Crippen molar-refractivity contribution < 1.29 is 23.5 Å². The molecule has 1 aromatic heterocycles. The first-order chi connectivity index (χ1) is 15.2. The van der Waals surface area contributed by atoms with Crippen LogP contribution in [0.2, 0.25) is 0 Å². The van der Waals surface area contributed by atoms with Gasteiger partial charge in [0.15, 0.2) is 14.6 Å². The number of sulfone groups is 1. The molecule has 9 heteroatoms. The molecular weight excluding hydrogens is 430 g/mol. The number of hydrogen-bond acceptors (Lipinski definition) is 6. The molecule has 1 atom stereocenters. The minimum Gasteiger partial charge on any atom is -0.396 e. The topological polar surface area (TPSA) is 122 Å². The zero-order valence-electron chi connectivity index (χ0n) is 17.9. The maximum Gasteiger partial charge on any atom is 0.264 e. The number of benzene rings is 2. The third-order valence-corrected chi connectivity index (χ3v) is 7.50. The summed E-state index contributed by atoms with van der Waals surface area (Å²) in [5.74, 6) is 5.25. The molecule has 1 unspecified atom stereocenters. The van der Waals surface area contributed by atoms with E-state index < -0.39 is 20.5 Å². The summed E-state index contributed by atoms with van der Waals surface area (Å²) in [6, 6.07) is 13.3. The molecular formula is C23H25N3O5S. The Labute approximate surface area is 186 Å². The van der Waals surface area contributed by atoms with Gasteiger partial charge in [-0.25, -0.2) is 13.9 Å². The Kier molecular flexibility index (Phi) is 6.99. The van der Waals surface area contributed by atoms with Gasteiger partial charge in [-0.15, -0.1) is 0 Å². The number of hydrogen-bond donors (Lipinski definition) is 3. The van der Waals surface area contributed by atoms with E-state index in [1.165, 1.54) is 12.4 Å². The second-order valence-corrected chi connectivity index (χ2v) is 10.2. The molecule has 0 radical (unpaired) electrons. The second kappa shape index (κ2) is 9.53. The van der Waals surface area contributed by atoms with Crippen molar-refractivity contribution in [1.29, 1.82) is 0 Å². The van der Waals surface area contributed by atoms with E-state index in [1.54, 1.807) is 10.9 Å². The molecule has 32 heavy (non-hydrogen) atoms. The van der Waals surface area contributed by atoms with Gasteiger partial charge in [0.1, 0.15) is 0 Å². The van der Waals surface area contributed by atoms with Crippen molar-refractivity contribution in [1.82, 2.24) is 15.3 Å². The van der Waals surface area contributed by atoms with E-state index in [1.807, 2.05) is 42.5 Å². The minimum absolute atomic E-state index is 0.0504. The van der Waals surface area contributed by atoms with E-state index in [0.717, 1.165) is 33.8 Å². The lowest BCUT2D eigenvalue weighted by Gasteiger charge is -2.24. The van der Waals surface area contributed by atoms with Crippen molar-refractivity contribution in [3.05, 3.63) is 65.4 Å². The third-order valence-electron chi connectivity index (χ3n) is 5.48. The van der Waals surface area contributed by atoms with Crippen LogP contribution in [0.5, 0.6) is 0 Å². The van der Waals surface area contributed by atoms with Gasteiger partial charge in [-0.2, -0.15) is 5.10 Å². The molecule has 1 heterocycles. The van der Waals surface area contributed by atoms with Crippen molar-refractivity contribution in [2.24, 2.45) is 0 Å². The van der Waals surface area contributed by atoms with Crippen LogP contribution < -0.4 is 5.48 Å². The van der Waals surface area contributed by atoms with Crippen molar-refractivity contribution in [3.63, 3.8) is 0 Å². The summed E-state index contributed by atoms with van der Waals surface area (Å²) in [4.78, 5) is 12.0. The molecule has 0 aliphatic heterocycles. The number of carbonyl (C=O) groups excluding carboxylic acids is 1. The average molecular weight is 456 g/mol. The van der Waals surface area contributed by atoms with Gasteiger partial charge in [-0.3, -0.25) is 14.7 Å². The Morgan fingerprint density at radius 2 is 1.81 bits per heavy atom. The summed E-state index contributed by atoms with van der Waals surface area (Å²) >= 11 is 0. The fourth-order valence-electron chi connectivity index (χ4n) is 3.21. The number of amides is 1. The van der Waals surface area contributed by atoms with Crippen molar-refractivity contribution >= 4 is 26.6 Å². The highest BCUT2D eigenvalue weighted by Crippen LogP contribution is 2.23. The quantitative estimate of drug-likeness (QED) is 0.283. The maximum absolute atomic E-state index is 12.1. The molecule has 0 spiro atoms. The molecule has 2 aromatic carbocycles. The number of fused-ring (bicyclic) bond motifs is 1. The molecule has 3 aromatic rings. The van der Waals surface area contributed by atoms with Crippen LogP contribution in [-0.2, 0) is 27.6 Å². The largest absolute Gasteiger partial charge is 0.396 e. The Bertz CT molecular complexity index is 1290. The molecule has 0 fully saturated rings. The average Bonchev–Trinajstić information content (AvgIpc) is 3.18. The number of rotatable bonds is 7. The molecule has 0 saturated heterocycles. The molecule has 3 rings (SSSR count). The predicted molar refractivity (Wildman–Crippen MR) is 121 cm³/mol. The van der Waals surface area contributed by atoms with Crippen molar-refractivity contribution in [3.8, 4) is 11.8 Å². The number of aliphatic hydroxyl groups excluding tert-OH is 1. The first kappa shape index (κ1) is 23.5. The van der Waals surface area contributed by atoms with E-state index in [9.17, 15) is 13.2 Å². The van der Waals surface area contributed by atoms with Crippen molar-refractivity contribution in [2.45, 2.75) is 31.1 Å². The maximum atomic E-state index is 12.1. The Hall–Kier alpha value is -3.19. The van der Waals surface area contributed by atoms with E-state index >= 15 is 0 Å². The third kappa shape index (κ3) is 5.16.